The molecule has 0 saturated heterocycles. The number of rotatable bonds is 6. The first kappa shape index (κ1) is 14.5. The van der Waals surface area contributed by atoms with Crippen LogP contribution in [0.15, 0.2) is 29.2 Å². The van der Waals surface area contributed by atoms with Crippen molar-refractivity contribution in [3.8, 4) is 0 Å². The second-order valence-electron chi connectivity index (χ2n) is 4.08. The molecule has 19 heavy (non-hydrogen) atoms. The van der Waals surface area contributed by atoms with E-state index in [-0.39, 0.29) is 5.82 Å². The third-order valence-corrected chi connectivity index (χ3v) is 5.02. The fourth-order valence-electron chi connectivity index (χ4n) is 1.77. The number of thioether (sulfide) groups is 1. The minimum absolute atomic E-state index is 0.157. The highest BCUT2D eigenvalue weighted by Crippen LogP contribution is 2.28. The molecule has 2 rings (SSSR count). The fourth-order valence-corrected chi connectivity index (χ4v) is 3.88. The van der Waals surface area contributed by atoms with Gasteiger partial charge in [-0.15, -0.1) is 23.1 Å². The number of hydrogen-bond acceptors (Lipinski definition) is 4. The van der Waals surface area contributed by atoms with E-state index in [4.69, 9.17) is 0 Å². The molecule has 1 aromatic carbocycles. The summed E-state index contributed by atoms with van der Waals surface area (Å²) in [4.78, 5) is 6.60. The Morgan fingerprint density at radius 2 is 2.16 bits per heavy atom. The first-order chi connectivity index (χ1) is 9.24. The maximum absolute atomic E-state index is 13.5. The quantitative estimate of drug-likeness (QED) is 0.819. The Bertz CT molecular complexity index is 540. The molecule has 5 heteroatoms. The van der Waals surface area contributed by atoms with Gasteiger partial charge in [-0.3, -0.25) is 0 Å². The molecule has 2 aromatic rings. The molecule has 102 valence electrons. The number of aromatic nitrogens is 1. The fraction of sp³-hybridized carbons (Fsp3) is 0.357. The van der Waals surface area contributed by atoms with Gasteiger partial charge in [-0.25, -0.2) is 9.37 Å². The minimum Gasteiger partial charge on any atom is -0.315 e. The van der Waals surface area contributed by atoms with Gasteiger partial charge < -0.3 is 5.32 Å². The Kier molecular flexibility index (Phi) is 5.36. The molecule has 1 N–H and O–H groups in total. The highest BCUT2D eigenvalue weighted by molar-refractivity contribution is 7.98. The zero-order valence-electron chi connectivity index (χ0n) is 11.1. The van der Waals surface area contributed by atoms with Gasteiger partial charge in [0.25, 0.3) is 0 Å². The van der Waals surface area contributed by atoms with Crippen molar-refractivity contribution in [1.82, 2.24) is 10.3 Å². The first-order valence-corrected chi connectivity index (χ1v) is 8.04. The molecule has 2 nitrogen and oxygen atoms in total. The molecule has 0 aliphatic rings. The molecule has 0 amide bonds. The molecule has 0 spiro atoms. The van der Waals surface area contributed by atoms with Crippen LogP contribution in [0.4, 0.5) is 4.39 Å². The van der Waals surface area contributed by atoms with E-state index >= 15 is 0 Å². The lowest BCUT2D eigenvalue weighted by molar-refractivity contribution is 0.602. The summed E-state index contributed by atoms with van der Waals surface area (Å²) in [5, 5.41) is 4.22. The molecule has 0 aliphatic heterocycles. The van der Waals surface area contributed by atoms with Crippen LogP contribution in [0.1, 0.15) is 22.5 Å². The van der Waals surface area contributed by atoms with Gasteiger partial charge in [0.15, 0.2) is 0 Å². The molecule has 0 fully saturated rings. The standard InChI is InChI=1S/C14H17FN2S2/c1-3-11-13(8-16-2)19-14(17-11)9-18-12-7-5-4-6-10(12)15/h4-7,16H,3,8-9H2,1-2H3. The predicted molar refractivity (Wildman–Crippen MR) is 80.2 cm³/mol. The normalized spacial score (nSPS) is 10.9. The SMILES string of the molecule is CCc1nc(CSc2ccccc2F)sc1CNC. The summed E-state index contributed by atoms with van der Waals surface area (Å²) in [6.45, 7) is 2.97. The van der Waals surface area contributed by atoms with Crippen molar-refractivity contribution in [3.05, 3.63) is 45.7 Å². The van der Waals surface area contributed by atoms with E-state index < -0.39 is 0 Å². The molecule has 0 aliphatic carbocycles. The van der Waals surface area contributed by atoms with Crippen LogP contribution in [-0.4, -0.2) is 12.0 Å². The van der Waals surface area contributed by atoms with E-state index in [9.17, 15) is 4.39 Å². The average Bonchev–Trinajstić information content (AvgIpc) is 2.81. The Labute approximate surface area is 121 Å². The Morgan fingerprint density at radius 1 is 1.37 bits per heavy atom. The van der Waals surface area contributed by atoms with Crippen molar-refractivity contribution < 1.29 is 4.39 Å². The van der Waals surface area contributed by atoms with Gasteiger partial charge in [-0.1, -0.05) is 19.1 Å². The second-order valence-corrected chi connectivity index (χ2v) is 6.27. The number of nitrogens with zero attached hydrogens (tertiary/aromatic N) is 1. The first-order valence-electron chi connectivity index (χ1n) is 6.24. The summed E-state index contributed by atoms with van der Waals surface area (Å²) in [5.41, 5.74) is 1.16. The number of halogens is 1. The largest absolute Gasteiger partial charge is 0.315 e. The Balaban J connectivity index is 2.05. The summed E-state index contributed by atoms with van der Waals surface area (Å²) < 4.78 is 13.5. The maximum atomic E-state index is 13.5. The number of thiazole rings is 1. The van der Waals surface area contributed by atoms with Gasteiger partial charge in [0.05, 0.1) is 11.4 Å². The predicted octanol–water partition coefficient (Wildman–Crippen LogP) is 3.86. The lowest BCUT2D eigenvalue weighted by Crippen LogP contribution is -2.05. The minimum atomic E-state index is -0.157. The van der Waals surface area contributed by atoms with Crippen LogP contribution in [0.25, 0.3) is 0 Å². The van der Waals surface area contributed by atoms with Crippen molar-refractivity contribution >= 4 is 23.1 Å². The average molecular weight is 296 g/mol. The molecule has 0 saturated carbocycles. The summed E-state index contributed by atoms with van der Waals surface area (Å²) in [6.07, 6.45) is 0.942. The topological polar surface area (TPSA) is 24.9 Å². The van der Waals surface area contributed by atoms with Gasteiger partial charge in [0.1, 0.15) is 10.8 Å². The molecular formula is C14H17FN2S2. The number of aryl methyl sites for hydroxylation is 1. The van der Waals surface area contributed by atoms with Crippen molar-refractivity contribution in [3.63, 3.8) is 0 Å². The van der Waals surface area contributed by atoms with Gasteiger partial charge in [-0.2, -0.15) is 0 Å². The zero-order valence-corrected chi connectivity index (χ0v) is 12.7. The summed E-state index contributed by atoms with van der Waals surface area (Å²) in [7, 11) is 1.94. The van der Waals surface area contributed by atoms with Crippen molar-refractivity contribution in [2.45, 2.75) is 30.5 Å². The zero-order chi connectivity index (χ0) is 13.7. The summed E-state index contributed by atoms with van der Waals surface area (Å²) >= 11 is 3.22. The van der Waals surface area contributed by atoms with Crippen LogP contribution in [-0.2, 0) is 18.7 Å². The number of benzene rings is 1. The van der Waals surface area contributed by atoms with Crippen LogP contribution >= 0.6 is 23.1 Å². The molecule has 0 radical (unpaired) electrons. The number of hydrogen-bond donors (Lipinski definition) is 1. The third kappa shape index (κ3) is 3.78. The molecule has 1 heterocycles. The van der Waals surface area contributed by atoms with Crippen LogP contribution in [0.2, 0.25) is 0 Å². The van der Waals surface area contributed by atoms with Gasteiger partial charge in [-0.05, 0) is 25.6 Å². The molecule has 1 aromatic heterocycles. The number of nitrogens with one attached hydrogen (secondary N) is 1. The lowest BCUT2D eigenvalue weighted by Gasteiger charge is -2.00. The van der Waals surface area contributed by atoms with E-state index in [1.54, 1.807) is 17.4 Å². The highest BCUT2D eigenvalue weighted by atomic mass is 32.2. The lowest BCUT2D eigenvalue weighted by atomic mass is 10.3. The van der Waals surface area contributed by atoms with Crippen molar-refractivity contribution in [1.29, 1.82) is 0 Å². The van der Waals surface area contributed by atoms with E-state index in [1.165, 1.54) is 22.7 Å². The van der Waals surface area contributed by atoms with Crippen LogP contribution in [0.5, 0.6) is 0 Å². The van der Waals surface area contributed by atoms with Crippen molar-refractivity contribution in [2.75, 3.05) is 7.05 Å². The summed E-state index contributed by atoms with van der Waals surface area (Å²) in [5.74, 6) is 0.567. The van der Waals surface area contributed by atoms with E-state index in [0.717, 1.165) is 29.4 Å². The Morgan fingerprint density at radius 3 is 2.84 bits per heavy atom. The second kappa shape index (κ2) is 7.03. The highest BCUT2D eigenvalue weighted by Gasteiger charge is 2.10. The molecular weight excluding hydrogens is 279 g/mol. The molecule has 0 bridgehead atoms. The monoisotopic (exact) mass is 296 g/mol. The van der Waals surface area contributed by atoms with E-state index in [0.29, 0.717) is 4.90 Å². The maximum Gasteiger partial charge on any atom is 0.136 e. The van der Waals surface area contributed by atoms with Gasteiger partial charge in [0.2, 0.25) is 0 Å². The van der Waals surface area contributed by atoms with Crippen LogP contribution in [0.3, 0.4) is 0 Å². The van der Waals surface area contributed by atoms with E-state index in [2.05, 4.69) is 17.2 Å². The summed E-state index contributed by atoms with van der Waals surface area (Å²) in [6, 6.07) is 6.87. The Hall–Kier alpha value is -0.910. The van der Waals surface area contributed by atoms with Crippen LogP contribution in [0, 0.1) is 5.82 Å². The van der Waals surface area contributed by atoms with E-state index in [1.807, 2.05) is 19.2 Å². The smallest absolute Gasteiger partial charge is 0.136 e. The van der Waals surface area contributed by atoms with Crippen LogP contribution < -0.4 is 5.32 Å². The molecule has 0 unspecified atom stereocenters. The third-order valence-electron chi connectivity index (χ3n) is 2.68. The molecule has 0 atom stereocenters. The van der Waals surface area contributed by atoms with Crippen molar-refractivity contribution in [2.24, 2.45) is 0 Å². The van der Waals surface area contributed by atoms with Gasteiger partial charge in [0, 0.05) is 16.3 Å². The van der Waals surface area contributed by atoms with Gasteiger partial charge >= 0.3 is 0 Å².